The first-order valence-corrected chi connectivity index (χ1v) is 11.6. The van der Waals surface area contributed by atoms with Crippen molar-refractivity contribution in [2.24, 2.45) is 0 Å². The lowest BCUT2D eigenvalue weighted by molar-refractivity contribution is -0.128. The Morgan fingerprint density at radius 1 is 1.10 bits per heavy atom. The standard InChI is InChI=1S/C23H32ClN3O3/c24-19-6-4-18(5-7-19)23(8-2-1-3-9-23)22(29)25-20-16-21(28)27(17-20)11-10-26-12-14-30-15-13-26/h4-7,20H,1-3,8-17H2,(H,25,29). The topological polar surface area (TPSA) is 61.9 Å². The zero-order valence-corrected chi connectivity index (χ0v) is 18.3. The number of morpholine rings is 1. The first-order chi connectivity index (χ1) is 14.6. The second-order valence-electron chi connectivity index (χ2n) is 8.82. The van der Waals surface area contributed by atoms with Gasteiger partial charge in [0, 0.05) is 44.2 Å². The fraction of sp³-hybridized carbons (Fsp3) is 0.652. The molecule has 0 spiro atoms. The predicted octanol–water partition coefficient (Wildman–Crippen LogP) is 2.59. The van der Waals surface area contributed by atoms with Crippen LogP contribution in [0.15, 0.2) is 24.3 Å². The second kappa shape index (κ2) is 9.67. The van der Waals surface area contributed by atoms with E-state index in [2.05, 4.69) is 10.2 Å². The van der Waals surface area contributed by atoms with Gasteiger partial charge in [0.05, 0.1) is 24.7 Å². The van der Waals surface area contributed by atoms with Gasteiger partial charge in [-0.25, -0.2) is 0 Å². The van der Waals surface area contributed by atoms with Crippen LogP contribution >= 0.6 is 11.6 Å². The molecule has 2 amide bonds. The normalized spacial score (nSPS) is 24.8. The van der Waals surface area contributed by atoms with Crippen molar-refractivity contribution < 1.29 is 14.3 Å². The zero-order chi connectivity index (χ0) is 21.0. The smallest absolute Gasteiger partial charge is 0.230 e. The predicted molar refractivity (Wildman–Crippen MR) is 117 cm³/mol. The quantitative estimate of drug-likeness (QED) is 0.749. The van der Waals surface area contributed by atoms with Gasteiger partial charge >= 0.3 is 0 Å². The molecule has 1 N–H and O–H groups in total. The minimum atomic E-state index is -0.507. The SMILES string of the molecule is O=C1CC(NC(=O)C2(c3ccc(Cl)cc3)CCCCC2)CN1CCN1CCOCC1. The van der Waals surface area contributed by atoms with E-state index < -0.39 is 5.41 Å². The summed E-state index contributed by atoms with van der Waals surface area (Å²) in [6.45, 7) is 5.56. The molecule has 2 heterocycles. The molecule has 1 aromatic rings. The lowest BCUT2D eigenvalue weighted by Gasteiger charge is -2.37. The number of likely N-dealkylation sites (tertiary alicyclic amines) is 1. The Bertz CT molecular complexity index is 743. The number of hydrogen-bond donors (Lipinski definition) is 1. The number of amides is 2. The van der Waals surface area contributed by atoms with Crippen LogP contribution in [-0.4, -0.2) is 73.6 Å². The number of nitrogens with one attached hydrogen (secondary N) is 1. The van der Waals surface area contributed by atoms with Crippen molar-refractivity contribution in [1.29, 1.82) is 0 Å². The number of carbonyl (C=O) groups excluding carboxylic acids is 2. The van der Waals surface area contributed by atoms with Crippen molar-refractivity contribution in [2.45, 2.75) is 50.0 Å². The lowest BCUT2D eigenvalue weighted by Crippen LogP contribution is -2.50. The summed E-state index contributed by atoms with van der Waals surface area (Å²) in [5.74, 6) is 0.204. The number of benzene rings is 1. The van der Waals surface area contributed by atoms with E-state index in [-0.39, 0.29) is 17.9 Å². The summed E-state index contributed by atoms with van der Waals surface area (Å²) in [6.07, 6.45) is 5.35. The molecule has 1 unspecified atom stereocenters. The van der Waals surface area contributed by atoms with Gasteiger partial charge in [-0.15, -0.1) is 0 Å². The largest absolute Gasteiger partial charge is 0.379 e. The summed E-state index contributed by atoms with van der Waals surface area (Å²) in [7, 11) is 0. The molecule has 0 aromatic heterocycles. The van der Waals surface area contributed by atoms with Crippen LogP contribution in [0.25, 0.3) is 0 Å². The third-order valence-electron chi connectivity index (χ3n) is 6.88. The van der Waals surface area contributed by atoms with Crippen LogP contribution < -0.4 is 5.32 Å². The maximum Gasteiger partial charge on any atom is 0.230 e. The molecule has 1 atom stereocenters. The van der Waals surface area contributed by atoms with Gasteiger partial charge in [-0.3, -0.25) is 14.5 Å². The minimum absolute atomic E-state index is 0.0670. The van der Waals surface area contributed by atoms with Gasteiger partial charge in [0.15, 0.2) is 0 Å². The number of ether oxygens (including phenoxy) is 1. The molecule has 4 rings (SSSR count). The highest BCUT2D eigenvalue weighted by atomic mass is 35.5. The van der Waals surface area contributed by atoms with Crippen LogP contribution in [0.2, 0.25) is 5.02 Å². The molecule has 7 heteroatoms. The van der Waals surface area contributed by atoms with E-state index in [1.807, 2.05) is 29.2 Å². The lowest BCUT2D eigenvalue weighted by atomic mass is 9.68. The molecular formula is C23H32ClN3O3. The van der Waals surface area contributed by atoms with Gasteiger partial charge in [0.2, 0.25) is 11.8 Å². The van der Waals surface area contributed by atoms with Crippen molar-refractivity contribution in [3.63, 3.8) is 0 Å². The molecule has 6 nitrogen and oxygen atoms in total. The van der Waals surface area contributed by atoms with E-state index in [0.29, 0.717) is 24.5 Å². The second-order valence-corrected chi connectivity index (χ2v) is 9.25. The van der Waals surface area contributed by atoms with E-state index in [4.69, 9.17) is 16.3 Å². The zero-order valence-electron chi connectivity index (χ0n) is 17.6. The molecule has 2 saturated heterocycles. The van der Waals surface area contributed by atoms with Gasteiger partial charge in [0.25, 0.3) is 0 Å². The maximum atomic E-state index is 13.5. The molecule has 1 aliphatic carbocycles. The Morgan fingerprint density at radius 2 is 1.80 bits per heavy atom. The van der Waals surface area contributed by atoms with E-state index in [1.165, 1.54) is 6.42 Å². The molecule has 30 heavy (non-hydrogen) atoms. The van der Waals surface area contributed by atoms with Crippen LogP contribution in [-0.2, 0) is 19.7 Å². The minimum Gasteiger partial charge on any atom is -0.379 e. The van der Waals surface area contributed by atoms with E-state index in [0.717, 1.165) is 64.1 Å². The average molecular weight is 434 g/mol. The summed E-state index contributed by atoms with van der Waals surface area (Å²) >= 11 is 6.08. The third-order valence-corrected chi connectivity index (χ3v) is 7.13. The molecular weight excluding hydrogens is 402 g/mol. The van der Waals surface area contributed by atoms with Crippen molar-refractivity contribution >= 4 is 23.4 Å². The molecule has 0 bridgehead atoms. The number of nitrogens with zero attached hydrogens (tertiary/aromatic N) is 2. The fourth-order valence-electron chi connectivity index (χ4n) is 5.07. The van der Waals surface area contributed by atoms with Crippen molar-refractivity contribution in [1.82, 2.24) is 15.1 Å². The first kappa shape index (κ1) is 21.6. The summed E-state index contributed by atoms with van der Waals surface area (Å²) < 4.78 is 5.39. The summed E-state index contributed by atoms with van der Waals surface area (Å²) in [6, 6.07) is 7.60. The van der Waals surface area contributed by atoms with Crippen LogP contribution in [0.4, 0.5) is 0 Å². The third kappa shape index (κ3) is 4.82. The molecule has 2 aliphatic heterocycles. The summed E-state index contributed by atoms with van der Waals surface area (Å²) in [4.78, 5) is 30.2. The first-order valence-electron chi connectivity index (χ1n) is 11.2. The van der Waals surface area contributed by atoms with E-state index in [9.17, 15) is 9.59 Å². The highest BCUT2D eigenvalue weighted by Gasteiger charge is 2.43. The van der Waals surface area contributed by atoms with Gasteiger partial charge in [-0.05, 0) is 30.5 Å². The van der Waals surface area contributed by atoms with Crippen LogP contribution in [0.5, 0.6) is 0 Å². The molecule has 1 saturated carbocycles. The Balaban J connectivity index is 1.38. The summed E-state index contributed by atoms with van der Waals surface area (Å²) in [5.41, 5.74) is 0.533. The van der Waals surface area contributed by atoms with Gasteiger partial charge in [-0.2, -0.15) is 0 Å². The van der Waals surface area contributed by atoms with Crippen LogP contribution in [0.3, 0.4) is 0 Å². The van der Waals surface area contributed by atoms with E-state index in [1.54, 1.807) is 0 Å². The summed E-state index contributed by atoms with van der Waals surface area (Å²) in [5, 5.41) is 3.92. The van der Waals surface area contributed by atoms with E-state index >= 15 is 0 Å². The Kier molecular flexibility index (Phi) is 6.96. The highest BCUT2D eigenvalue weighted by Crippen LogP contribution is 2.40. The molecule has 3 aliphatic rings. The van der Waals surface area contributed by atoms with Gasteiger partial charge < -0.3 is 15.0 Å². The molecule has 164 valence electrons. The van der Waals surface area contributed by atoms with Crippen molar-refractivity contribution in [2.75, 3.05) is 45.9 Å². The Morgan fingerprint density at radius 3 is 2.50 bits per heavy atom. The Hall–Kier alpha value is -1.63. The number of halogens is 1. The number of rotatable bonds is 6. The monoisotopic (exact) mass is 433 g/mol. The van der Waals surface area contributed by atoms with Gasteiger partial charge in [0.1, 0.15) is 0 Å². The molecule has 0 radical (unpaired) electrons. The van der Waals surface area contributed by atoms with Gasteiger partial charge in [-0.1, -0.05) is 43.0 Å². The highest BCUT2D eigenvalue weighted by molar-refractivity contribution is 6.30. The van der Waals surface area contributed by atoms with Crippen LogP contribution in [0, 0.1) is 0 Å². The Labute approximate surface area is 183 Å². The van der Waals surface area contributed by atoms with Crippen LogP contribution in [0.1, 0.15) is 44.1 Å². The molecule has 1 aromatic carbocycles. The average Bonchev–Trinajstić information content (AvgIpc) is 3.12. The molecule has 3 fully saturated rings. The maximum absolute atomic E-state index is 13.5. The number of carbonyl (C=O) groups is 2. The van der Waals surface area contributed by atoms with Crippen molar-refractivity contribution in [3.05, 3.63) is 34.9 Å². The number of hydrogen-bond acceptors (Lipinski definition) is 4. The fourth-order valence-corrected chi connectivity index (χ4v) is 5.19. The van der Waals surface area contributed by atoms with Crippen molar-refractivity contribution in [3.8, 4) is 0 Å².